The minimum Gasteiger partial charge on any atom is -0.290 e. The predicted octanol–water partition coefficient (Wildman–Crippen LogP) is 3.61. The molecule has 0 amide bonds. The van der Waals surface area contributed by atoms with Crippen LogP contribution in [0.25, 0.3) is 0 Å². The lowest BCUT2D eigenvalue weighted by Crippen LogP contribution is -2.14. The molecule has 0 saturated carbocycles. The third-order valence-electron chi connectivity index (χ3n) is 2.33. The molecule has 1 aromatic rings. The highest BCUT2D eigenvalue weighted by atomic mass is 35.5. The second kappa shape index (κ2) is 4.81. The SMILES string of the molecule is CC(C)c1ccc(C(Cl)N(C)C)cc1. The Morgan fingerprint density at radius 3 is 1.79 bits per heavy atom. The van der Waals surface area contributed by atoms with Crippen LogP contribution in [0, 0.1) is 0 Å². The number of hydrogen-bond acceptors (Lipinski definition) is 1. The van der Waals surface area contributed by atoms with E-state index in [1.807, 2.05) is 19.0 Å². The molecule has 0 aliphatic heterocycles. The van der Waals surface area contributed by atoms with Crippen LogP contribution >= 0.6 is 11.6 Å². The molecule has 0 aliphatic carbocycles. The molecule has 0 N–H and O–H groups in total. The van der Waals surface area contributed by atoms with Crippen molar-refractivity contribution < 1.29 is 0 Å². The Balaban J connectivity index is 2.83. The molecule has 1 atom stereocenters. The van der Waals surface area contributed by atoms with E-state index in [2.05, 4.69) is 38.1 Å². The van der Waals surface area contributed by atoms with E-state index in [9.17, 15) is 0 Å². The van der Waals surface area contributed by atoms with Gasteiger partial charge in [-0.1, -0.05) is 38.1 Å². The molecule has 78 valence electrons. The molecule has 1 aromatic carbocycles. The molecular formula is C12H18ClN. The van der Waals surface area contributed by atoms with Gasteiger partial charge in [0.05, 0.1) is 0 Å². The summed E-state index contributed by atoms with van der Waals surface area (Å²) in [5.74, 6) is 0.581. The van der Waals surface area contributed by atoms with Crippen LogP contribution in [0.2, 0.25) is 0 Å². The van der Waals surface area contributed by atoms with Gasteiger partial charge in [0.2, 0.25) is 0 Å². The van der Waals surface area contributed by atoms with Gasteiger partial charge in [-0.25, -0.2) is 0 Å². The first-order valence-electron chi connectivity index (χ1n) is 4.92. The molecule has 0 aromatic heterocycles. The van der Waals surface area contributed by atoms with E-state index in [0.29, 0.717) is 5.92 Å². The number of halogens is 1. The van der Waals surface area contributed by atoms with Crippen molar-refractivity contribution in [1.82, 2.24) is 4.90 Å². The van der Waals surface area contributed by atoms with E-state index in [-0.39, 0.29) is 5.50 Å². The fourth-order valence-electron chi connectivity index (χ4n) is 1.34. The summed E-state index contributed by atoms with van der Waals surface area (Å²) < 4.78 is 0. The maximum Gasteiger partial charge on any atom is 0.110 e. The van der Waals surface area contributed by atoms with E-state index in [1.165, 1.54) is 5.56 Å². The van der Waals surface area contributed by atoms with Crippen molar-refractivity contribution in [2.75, 3.05) is 14.1 Å². The van der Waals surface area contributed by atoms with Gasteiger partial charge in [0, 0.05) is 0 Å². The van der Waals surface area contributed by atoms with Gasteiger partial charge in [0.25, 0.3) is 0 Å². The van der Waals surface area contributed by atoms with Crippen LogP contribution in [0.1, 0.15) is 36.4 Å². The molecule has 14 heavy (non-hydrogen) atoms. The zero-order valence-corrected chi connectivity index (χ0v) is 10.0. The number of nitrogens with zero attached hydrogens (tertiary/aromatic N) is 1. The van der Waals surface area contributed by atoms with Gasteiger partial charge in [0.15, 0.2) is 0 Å². The second-order valence-electron chi connectivity index (χ2n) is 4.12. The molecule has 0 radical (unpaired) electrons. The molecule has 0 aliphatic rings. The molecule has 1 unspecified atom stereocenters. The van der Waals surface area contributed by atoms with Gasteiger partial charge in [-0.05, 0) is 31.1 Å². The third-order valence-corrected chi connectivity index (χ3v) is 2.97. The summed E-state index contributed by atoms with van der Waals surface area (Å²) in [7, 11) is 3.96. The number of benzene rings is 1. The van der Waals surface area contributed by atoms with Crippen molar-refractivity contribution in [2.24, 2.45) is 0 Å². The average Bonchev–Trinajstić information content (AvgIpc) is 2.16. The standard InChI is InChI=1S/C12H18ClN/c1-9(2)10-5-7-11(8-6-10)12(13)14(3)4/h5-9,12H,1-4H3. The Kier molecular flexibility index (Phi) is 3.97. The molecule has 1 rings (SSSR count). The van der Waals surface area contributed by atoms with Crippen molar-refractivity contribution in [3.05, 3.63) is 35.4 Å². The van der Waals surface area contributed by atoms with Crippen molar-refractivity contribution >= 4 is 11.6 Å². The quantitative estimate of drug-likeness (QED) is 0.546. The third kappa shape index (κ3) is 2.73. The summed E-state index contributed by atoms with van der Waals surface area (Å²) in [5.41, 5.74) is 2.48. The predicted molar refractivity (Wildman–Crippen MR) is 62.8 cm³/mol. The summed E-state index contributed by atoms with van der Waals surface area (Å²) in [6, 6.07) is 8.51. The van der Waals surface area contributed by atoms with E-state index in [1.54, 1.807) is 0 Å². The Morgan fingerprint density at radius 1 is 1.00 bits per heavy atom. The zero-order valence-electron chi connectivity index (χ0n) is 9.29. The Bertz CT molecular complexity index is 277. The van der Waals surface area contributed by atoms with Crippen molar-refractivity contribution in [2.45, 2.75) is 25.3 Å². The van der Waals surface area contributed by atoms with Gasteiger partial charge in [-0.3, -0.25) is 4.90 Å². The van der Waals surface area contributed by atoms with Crippen molar-refractivity contribution in [1.29, 1.82) is 0 Å². The van der Waals surface area contributed by atoms with E-state index in [0.717, 1.165) is 5.56 Å². The highest BCUT2D eigenvalue weighted by Crippen LogP contribution is 2.24. The minimum atomic E-state index is -0.0313. The average molecular weight is 212 g/mol. The monoisotopic (exact) mass is 211 g/mol. The van der Waals surface area contributed by atoms with Gasteiger partial charge in [-0.15, -0.1) is 11.6 Å². The van der Waals surface area contributed by atoms with Crippen LogP contribution in [0.4, 0.5) is 0 Å². The van der Waals surface area contributed by atoms with Crippen LogP contribution in [0.3, 0.4) is 0 Å². The topological polar surface area (TPSA) is 3.24 Å². The Hall–Kier alpha value is -0.530. The summed E-state index contributed by atoms with van der Waals surface area (Å²) >= 11 is 6.20. The van der Waals surface area contributed by atoms with Gasteiger partial charge < -0.3 is 0 Å². The molecule has 0 spiro atoms. The van der Waals surface area contributed by atoms with Crippen molar-refractivity contribution in [3.63, 3.8) is 0 Å². The first-order chi connectivity index (χ1) is 6.52. The molecular weight excluding hydrogens is 194 g/mol. The normalized spacial score (nSPS) is 13.6. The summed E-state index contributed by atoms with van der Waals surface area (Å²) in [5, 5.41) is 0. The lowest BCUT2D eigenvalue weighted by molar-refractivity contribution is 0.384. The smallest absolute Gasteiger partial charge is 0.110 e. The van der Waals surface area contributed by atoms with Crippen LogP contribution in [0.15, 0.2) is 24.3 Å². The Morgan fingerprint density at radius 2 is 1.43 bits per heavy atom. The molecule has 1 nitrogen and oxygen atoms in total. The summed E-state index contributed by atoms with van der Waals surface area (Å²) in [6.07, 6.45) is 0. The van der Waals surface area contributed by atoms with Gasteiger partial charge >= 0.3 is 0 Å². The molecule has 2 heteroatoms. The fourth-order valence-corrected chi connectivity index (χ4v) is 1.48. The summed E-state index contributed by atoms with van der Waals surface area (Å²) in [6.45, 7) is 4.39. The Labute approximate surface area is 91.7 Å². The maximum absolute atomic E-state index is 6.20. The van der Waals surface area contributed by atoms with E-state index < -0.39 is 0 Å². The number of alkyl halides is 1. The fraction of sp³-hybridized carbons (Fsp3) is 0.500. The lowest BCUT2D eigenvalue weighted by atomic mass is 10.0. The lowest BCUT2D eigenvalue weighted by Gasteiger charge is -2.18. The van der Waals surface area contributed by atoms with Crippen LogP contribution in [-0.4, -0.2) is 19.0 Å². The van der Waals surface area contributed by atoms with Crippen LogP contribution in [-0.2, 0) is 0 Å². The number of rotatable bonds is 3. The zero-order chi connectivity index (χ0) is 10.7. The number of hydrogen-bond donors (Lipinski definition) is 0. The second-order valence-corrected chi connectivity index (χ2v) is 4.53. The highest BCUT2D eigenvalue weighted by Gasteiger charge is 2.09. The largest absolute Gasteiger partial charge is 0.290 e. The van der Waals surface area contributed by atoms with Crippen LogP contribution in [0.5, 0.6) is 0 Å². The molecule has 0 saturated heterocycles. The van der Waals surface area contributed by atoms with Gasteiger partial charge in [-0.2, -0.15) is 0 Å². The molecule has 0 heterocycles. The van der Waals surface area contributed by atoms with Crippen LogP contribution < -0.4 is 0 Å². The first kappa shape index (κ1) is 11.5. The van der Waals surface area contributed by atoms with Gasteiger partial charge in [0.1, 0.15) is 5.50 Å². The highest BCUT2D eigenvalue weighted by molar-refractivity contribution is 6.20. The molecule has 0 bridgehead atoms. The van der Waals surface area contributed by atoms with Crippen molar-refractivity contribution in [3.8, 4) is 0 Å². The minimum absolute atomic E-state index is 0.0313. The van der Waals surface area contributed by atoms with E-state index >= 15 is 0 Å². The van der Waals surface area contributed by atoms with E-state index in [4.69, 9.17) is 11.6 Å². The molecule has 0 fully saturated rings. The maximum atomic E-state index is 6.20. The summed E-state index contributed by atoms with van der Waals surface area (Å²) in [4.78, 5) is 1.99. The first-order valence-corrected chi connectivity index (χ1v) is 5.36.